The third-order valence-corrected chi connectivity index (χ3v) is 3.41. The van der Waals surface area contributed by atoms with Gasteiger partial charge in [-0.05, 0) is 18.8 Å². The van der Waals surface area contributed by atoms with Gasteiger partial charge in [0.15, 0.2) is 0 Å². The minimum absolute atomic E-state index is 0.135. The second-order valence-corrected chi connectivity index (χ2v) is 5.77. The minimum atomic E-state index is -0.849. The fraction of sp³-hybridized carbons (Fsp3) is 0.867. The normalized spacial score (nSPS) is 18.3. The minimum Gasteiger partial charge on any atom is -0.434 e. The van der Waals surface area contributed by atoms with E-state index in [4.69, 9.17) is 9.47 Å². The van der Waals surface area contributed by atoms with Crippen molar-refractivity contribution in [1.29, 1.82) is 0 Å². The summed E-state index contributed by atoms with van der Waals surface area (Å²) < 4.78 is 9.64. The van der Waals surface area contributed by atoms with Gasteiger partial charge < -0.3 is 9.47 Å². The van der Waals surface area contributed by atoms with E-state index in [1.807, 2.05) is 13.8 Å². The van der Waals surface area contributed by atoms with Crippen LogP contribution in [0.25, 0.3) is 0 Å². The molecular formula is C15H26O4. The predicted octanol–water partition coefficient (Wildman–Crippen LogP) is 4.07. The van der Waals surface area contributed by atoms with E-state index in [2.05, 4.69) is 0 Å². The molecule has 0 aromatic carbocycles. The number of hydrogen-bond acceptors (Lipinski definition) is 4. The average molecular weight is 270 g/mol. The van der Waals surface area contributed by atoms with Crippen molar-refractivity contribution in [3.8, 4) is 0 Å². The summed E-state index contributed by atoms with van der Waals surface area (Å²) in [6, 6.07) is 0. The van der Waals surface area contributed by atoms with Crippen molar-refractivity contribution < 1.29 is 19.1 Å². The van der Waals surface area contributed by atoms with E-state index in [1.54, 1.807) is 0 Å². The summed E-state index contributed by atoms with van der Waals surface area (Å²) in [5.41, 5.74) is 0. The molecule has 1 fully saturated rings. The van der Waals surface area contributed by atoms with Gasteiger partial charge in [0.2, 0.25) is 0 Å². The molecule has 1 saturated carbocycles. The van der Waals surface area contributed by atoms with Crippen LogP contribution in [-0.4, -0.2) is 18.7 Å². The summed E-state index contributed by atoms with van der Waals surface area (Å²) in [6.45, 7) is 4.16. The highest BCUT2D eigenvalue weighted by atomic mass is 16.7. The lowest BCUT2D eigenvalue weighted by Gasteiger charge is -2.14. The highest BCUT2D eigenvalue weighted by Gasteiger charge is 2.23. The second kappa shape index (κ2) is 8.94. The Kier molecular flexibility index (Phi) is 7.53. The number of carbonyl (C=O) groups is 2. The Labute approximate surface area is 115 Å². The summed E-state index contributed by atoms with van der Waals surface area (Å²) in [7, 11) is 0. The molecule has 19 heavy (non-hydrogen) atoms. The van der Waals surface area contributed by atoms with Crippen LogP contribution < -0.4 is 0 Å². The molecule has 1 aliphatic rings. The Balaban J connectivity index is 2.34. The Hall–Kier alpha value is -1.06. The van der Waals surface area contributed by atoms with Crippen LogP contribution in [0.5, 0.6) is 0 Å². The van der Waals surface area contributed by atoms with Crippen molar-refractivity contribution in [3.63, 3.8) is 0 Å². The molecule has 0 heterocycles. The van der Waals surface area contributed by atoms with Crippen LogP contribution in [0.1, 0.15) is 65.2 Å². The van der Waals surface area contributed by atoms with Crippen molar-refractivity contribution in [2.75, 3.05) is 6.61 Å². The molecule has 4 heteroatoms. The van der Waals surface area contributed by atoms with Gasteiger partial charge in [-0.2, -0.15) is 0 Å². The molecule has 0 amide bonds. The summed E-state index contributed by atoms with van der Waals surface area (Å²) in [5.74, 6) is -0.298. The highest BCUT2D eigenvalue weighted by molar-refractivity contribution is 5.83. The molecule has 0 aliphatic heterocycles. The van der Waals surface area contributed by atoms with Crippen molar-refractivity contribution in [3.05, 3.63) is 0 Å². The number of hydrogen-bond donors (Lipinski definition) is 0. The van der Waals surface area contributed by atoms with Crippen LogP contribution in [0.4, 0.5) is 4.79 Å². The van der Waals surface area contributed by atoms with Gasteiger partial charge in [-0.15, -0.1) is 0 Å². The van der Waals surface area contributed by atoms with Gasteiger partial charge in [-0.1, -0.05) is 52.4 Å². The Morgan fingerprint density at radius 3 is 2.05 bits per heavy atom. The first-order valence-corrected chi connectivity index (χ1v) is 7.48. The molecule has 0 unspecified atom stereocenters. The number of esters is 1. The predicted molar refractivity (Wildman–Crippen MR) is 72.7 cm³/mol. The molecule has 1 aliphatic carbocycles. The molecule has 0 spiro atoms. The zero-order valence-corrected chi connectivity index (χ0v) is 12.2. The molecule has 4 nitrogen and oxygen atoms in total. The maximum atomic E-state index is 11.9. The average Bonchev–Trinajstić information content (AvgIpc) is 2.49. The van der Waals surface area contributed by atoms with Gasteiger partial charge in [0.25, 0.3) is 0 Å². The zero-order chi connectivity index (χ0) is 14.1. The number of carbonyl (C=O) groups excluding carboxylic acids is 2. The maximum absolute atomic E-state index is 11.9. The summed E-state index contributed by atoms with van der Waals surface area (Å²) in [4.78, 5) is 23.3. The second-order valence-electron chi connectivity index (χ2n) is 5.77. The van der Waals surface area contributed by atoms with Crippen molar-refractivity contribution in [1.82, 2.24) is 0 Å². The standard InChI is InChI=1S/C15H26O4/c1-12(2)11-18-15(17)19-14(16)13-9-7-5-3-4-6-8-10-13/h12-13H,3-11H2,1-2H3. The zero-order valence-electron chi connectivity index (χ0n) is 12.2. The molecule has 0 atom stereocenters. The van der Waals surface area contributed by atoms with Gasteiger partial charge >= 0.3 is 12.1 Å². The van der Waals surface area contributed by atoms with Crippen molar-refractivity contribution in [2.45, 2.75) is 65.2 Å². The summed E-state index contributed by atoms with van der Waals surface area (Å²) in [5, 5.41) is 0. The van der Waals surface area contributed by atoms with Crippen LogP contribution in [0, 0.1) is 11.8 Å². The molecule has 0 aromatic rings. The van der Waals surface area contributed by atoms with Gasteiger partial charge in [-0.25, -0.2) is 4.79 Å². The fourth-order valence-corrected chi connectivity index (χ4v) is 2.30. The molecule has 0 bridgehead atoms. The molecule has 0 saturated heterocycles. The van der Waals surface area contributed by atoms with Crippen molar-refractivity contribution in [2.24, 2.45) is 11.8 Å². The summed E-state index contributed by atoms with van der Waals surface area (Å²) in [6.07, 6.45) is 7.73. The highest BCUT2D eigenvalue weighted by Crippen LogP contribution is 2.23. The molecule has 0 N–H and O–H groups in total. The molecular weight excluding hydrogens is 244 g/mol. The lowest BCUT2D eigenvalue weighted by Crippen LogP contribution is -2.23. The topological polar surface area (TPSA) is 52.6 Å². The Morgan fingerprint density at radius 1 is 1.00 bits per heavy atom. The van der Waals surface area contributed by atoms with Crippen LogP contribution in [0.2, 0.25) is 0 Å². The Bertz CT molecular complexity index is 276. The van der Waals surface area contributed by atoms with Gasteiger partial charge in [-0.3, -0.25) is 4.79 Å². The van der Waals surface area contributed by atoms with Gasteiger partial charge in [0.05, 0.1) is 12.5 Å². The van der Waals surface area contributed by atoms with E-state index < -0.39 is 12.1 Å². The van der Waals surface area contributed by atoms with E-state index in [9.17, 15) is 9.59 Å². The first kappa shape index (κ1) is 16.0. The smallest absolute Gasteiger partial charge is 0.434 e. The maximum Gasteiger partial charge on any atom is 0.516 e. The van der Waals surface area contributed by atoms with Crippen LogP contribution in [-0.2, 0) is 14.3 Å². The summed E-state index contributed by atoms with van der Waals surface area (Å²) >= 11 is 0. The lowest BCUT2D eigenvalue weighted by atomic mass is 9.97. The molecule has 1 rings (SSSR count). The number of rotatable bonds is 3. The van der Waals surface area contributed by atoms with E-state index in [0.29, 0.717) is 0 Å². The number of ether oxygens (including phenoxy) is 2. The monoisotopic (exact) mass is 270 g/mol. The quantitative estimate of drug-likeness (QED) is 0.573. The third kappa shape index (κ3) is 7.19. The van der Waals surface area contributed by atoms with Gasteiger partial charge in [0, 0.05) is 0 Å². The fourth-order valence-electron chi connectivity index (χ4n) is 2.30. The van der Waals surface area contributed by atoms with E-state index in [0.717, 1.165) is 25.7 Å². The molecule has 110 valence electrons. The largest absolute Gasteiger partial charge is 0.516 e. The SMILES string of the molecule is CC(C)COC(=O)OC(=O)C1CCCCCCCC1. The van der Waals surface area contributed by atoms with E-state index >= 15 is 0 Å². The lowest BCUT2D eigenvalue weighted by molar-refractivity contribution is -0.145. The first-order chi connectivity index (χ1) is 9.09. The van der Waals surface area contributed by atoms with Crippen LogP contribution in [0.3, 0.4) is 0 Å². The van der Waals surface area contributed by atoms with Crippen molar-refractivity contribution >= 4 is 12.1 Å². The van der Waals surface area contributed by atoms with Crippen LogP contribution >= 0.6 is 0 Å². The molecule has 0 aromatic heterocycles. The first-order valence-electron chi connectivity index (χ1n) is 7.48. The third-order valence-electron chi connectivity index (χ3n) is 3.41. The van der Waals surface area contributed by atoms with Crippen LogP contribution in [0.15, 0.2) is 0 Å². The van der Waals surface area contributed by atoms with E-state index in [-0.39, 0.29) is 18.4 Å². The molecule has 0 radical (unpaired) electrons. The van der Waals surface area contributed by atoms with E-state index in [1.165, 1.54) is 25.7 Å². The van der Waals surface area contributed by atoms with Gasteiger partial charge in [0.1, 0.15) is 0 Å². The Morgan fingerprint density at radius 2 is 1.53 bits per heavy atom.